The lowest BCUT2D eigenvalue weighted by atomic mass is 10.0. The van der Waals surface area contributed by atoms with Crippen molar-refractivity contribution in [3.63, 3.8) is 0 Å². The fraction of sp³-hybridized carbons (Fsp3) is 0.667. The molecule has 2 nitrogen and oxygen atoms in total. The van der Waals surface area contributed by atoms with Crippen LogP contribution in [0.15, 0.2) is 24.3 Å². The number of hydrogen-bond donors (Lipinski definition) is 2. The summed E-state index contributed by atoms with van der Waals surface area (Å²) in [5.41, 5.74) is 0.955. The van der Waals surface area contributed by atoms with Crippen molar-refractivity contribution < 1.29 is 5.11 Å². The predicted molar refractivity (Wildman–Crippen MR) is 110 cm³/mol. The molecule has 0 aliphatic heterocycles. The van der Waals surface area contributed by atoms with E-state index in [4.69, 9.17) is 12.2 Å². The first-order chi connectivity index (χ1) is 11.7. The molecule has 0 aromatic heterocycles. The molecule has 24 heavy (non-hydrogen) atoms. The van der Waals surface area contributed by atoms with Crippen molar-refractivity contribution in [1.29, 1.82) is 0 Å². The molecular formula is C21H35NOS. The summed E-state index contributed by atoms with van der Waals surface area (Å²) in [7, 11) is 0. The topological polar surface area (TPSA) is 32.3 Å². The molecule has 0 aliphatic carbocycles. The van der Waals surface area contributed by atoms with E-state index < -0.39 is 0 Å². The first-order valence-corrected chi connectivity index (χ1v) is 10.2. The number of phenolic OH excluding ortho intramolecular Hbond substituents is 1. The van der Waals surface area contributed by atoms with Crippen LogP contribution in [0.2, 0.25) is 0 Å². The summed E-state index contributed by atoms with van der Waals surface area (Å²) in [5.74, 6) is 0.285. The number of nitrogens with one attached hydrogen (secondary N) is 1. The molecule has 0 spiro atoms. The van der Waals surface area contributed by atoms with E-state index in [1.807, 2.05) is 12.1 Å². The summed E-state index contributed by atoms with van der Waals surface area (Å²) in [5, 5.41) is 12.5. The fourth-order valence-corrected chi connectivity index (χ4v) is 3.16. The van der Waals surface area contributed by atoms with Gasteiger partial charge in [-0.3, -0.25) is 0 Å². The lowest BCUT2D eigenvalue weighted by Gasteiger charge is -2.08. The van der Waals surface area contributed by atoms with Crippen LogP contribution in [0.1, 0.15) is 90.4 Å². The first kappa shape index (κ1) is 21.0. The Morgan fingerprint density at radius 1 is 0.792 bits per heavy atom. The molecule has 1 rings (SSSR count). The van der Waals surface area contributed by atoms with Crippen LogP contribution in [-0.4, -0.2) is 10.1 Å². The summed E-state index contributed by atoms with van der Waals surface area (Å²) in [6.07, 6.45) is 17.3. The molecule has 1 aromatic rings. The number of benzene rings is 1. The van der Waals surface area contributed by atoms with E-state index in [9.17, 15) is 5.11 Å². The van der Waals surface area contributed by atoms with Crippen molar-refractivity contribution in [3.8, 4) is 5.75 Å². The minimum atomic E-state index is 0.285. The van der Waals surface area contributed by atoms with E-state index in [0.717, 1.165) is 17.1 Å². The SMILES string of the molecule is CCCCCCCCCCCCCCC(=S)Nc1ccc(O)cc1. The number of thiocarbonyl (C=S) groups is 1. The Morgan fingerprint density at radius 2 is 1.25 bits per heavy atom. The number of aromatic hydroxyl groups is 1. The van der Waals surface area contributed by atoms with Gasteiger partial charge >= 0.3 is 0 Å². The predicted octanol–water partition coefficient (Wildman–Crippen LogP) is 7.22. The minimum absolute atomic E-state index is 0.285. The summed E-state index contributed by atoms with van der Waals surface area (Å²) in [6.45, 7) is 2.27. The first-order valence-electron chi connectivity index (χ1n) is 9.81. The quantitative estimate of drug-likeness (QED) is 0.211. The normalized spacial score (nSPS) is 10.7. The summed E-state index contributed by atoms with van der Waals surface area (Å²) in [4.78, 5) is 0.896. The fourth-order valence-electron chi connectivity index (χ4n) is 2.89. The smallest absolute Gasteiger partial charge is 0.115 e. The van der Waals surface area contributed by atoms with E-state index in [0.29, 0.717) is 0 Å². The van der Waals surface area contributed by atoms with Gasteiger partial charge in [0.2, 0.25) is 0 Å². The van der Waals surface area contributed by atoms with Crippen LogP contribution in [0.4, 0.5) is 5.69 Å². The van der Waals surface area contributed by atoms with Gasteiger partial charge in [0.05, 0.1) is 4.99 Å². The van der Waals surface area contributed by atoms with Crippen LogP contribution in [0.25, 0.3) is 0 Å². The maximum Gasteiger partial charge on any atom is 0.115 e. The van der Waals surface area contributed by atoms with Crippen LogP contribution in [0.5, 0.6) is 5.75 Å². The van der Waals surface area contributed by atoms with E-state index >= 15 is 0 Å². The van der Waals surface area contributed by atoms with Gasteiger partial charge in [0.15, 0.2) is 0 Å². The third kappa shape index (κ3) is 11.4. The van der Waals surface area contributed by atoms with E-state index in [2.05, 4.69) is 12.2 Å². The zero-order chi connectivity index (χ0) is 17.5. The molecule has 0 saturated carbocycles. The molecular weight excluding hydrogens is 314 g/mol. The lowest BCUT2D eigenvalue weighted by molar-refractivity contribution is 0.475. The number of phenols is 1. The van der Waals surface area contributed by atoms with Crippen LogP contribution < -0.4 is 5.32 Å². The molecule has 0 atom stereocenters. The van der Waals surface area contributed by atoms with Crippen LogP contribution in [0, 0.1) is 0 Å². The summed E-state index contributed by atoms with van der Waals surface area (Å²) < 4.78 is 0. The Balaban J connectivity index is 1.87. The highest BCUT2D eigenvalue weighted by Crippen LogP contribution is 2.16. The molecule has 0 heterocycles. The van der Waals surface area contributed by atoms with Crippen molar-refractivity contribution in [2.45, 2.75) is 90.4 Å². The summed E-state index contributed by atoms with van der Waals surface area (Å²) in [6, 6.07) is 7.05. The number of rotatable bonds is 14. The highest BCUT2D eigenvalue weighted by molar-refractivity contribution is 7.80. The average Bonchev–Trinajstić information content (AvgIpc) is 2.58. The number of anilines is 1. The molecule has 0 radical (unpaired) electrons. The molecule has 0 bridgehead atoms. The zero-order valence-electron chi connectivity index (χ0n) is 15.4. The van der Waals surface area contributed by atoms with Crippen LogP contribution >= 0.6 is 12.2 Å². The number of hydrogen-bond acceptors (Lipinski definition) is 2. The number of unbranched alkanes of at least 4 members (excludes halogenated alkanes) is 11. The molecule has 0 aliphatic rings. The third-order valence-electron chi connectivity index (χ3n) is 4.41. The maximum atomic E-state index is 9.26. The van der Waals surface area contributed by atoms with E-state index in [-0.39, 0.29) is 5.75 Å². The molecule has 0 amide bonds. The van der Waals surface area contributed by atoms with Gasteiger partial charge in [0.25, 0.3) is 0 Å². The second-order valence-corrected chi connectivity index (χ2v) is 7.23. The lowest BCUT2D eigenvalue weighted by Crippen LogP contribution is -2.08. The van der Waals surface area contributed by atoms with Gasteiger partial charge in [-0.25, -0.2) is 0 Å². The van der Waals surface area contributed by atoms with E-state index in [1.165, 1.54) is 77.0 Å². The molecule has 136 valence electrons. The van der Waals surface area contributed by atoms with Gasteiger partial charge in [-0.1, -0.05) is 89.8 Å². The average molecular weight is 350 g/mol. The van der Waals surface area contributed by atoms with E-state index in [1.54, 1.807) is 12.1 Å². The standard InChI is InChI=1S/C21H35NOS/c1-2-3-4-5-6-7-8-9-10-11-12-13-14-21(24)22-19-15-17-20(23)18-16-19/h15-18,23H,2-14H2,1H3,(H,22,24). The Kier molecular flexibility index (Phi) is 12.5. The highest BCUT2D eigenvalue weighted by atomic mass is 32.1. The maximum absolute atomic E-state index is 9.26. The van der Waals surface area contributed by atoms with Crippen molar-refractivity contribution in [2.24, 2.45) is 0 Å². The van der Waals surface area contributed by atoms with Gasteiger partial charge in [0, 0.05) is 5.69 Å². The Labute approximate surface area is 154 Å². The second kappa shape index (κ2) is 14.3. The van der Waals surface area contributed by atoms with Gasteiger partial charge in [-0.05, 0) is 37.1 Å². The van der Waals surface area contributed by atoms with Gasteiger partial charge < -0.3 is 10.4 Å². The molecule has 2 N–H and O–H groups in total. The molecule has 0 fully saturated rings. The minimum Gasteiger partial charge on any atom is -0.508 e. The van der Waals surface area contributed by atoms with Crippen molar-refractivity contribution >= 4 is 22.9 Å². The van der Waals surface area contributed by atoms with Gasteiger partial charge in [-0.2, -0.15) is 0 Å². The molecule has 0 saturated heterocycles. The van der Waals surface area contributed by atoms with Crippen LogP contribution in [-0.2, 0) is 0 Å². The monoisotopic (exact) mass is 349 g/mol. The molecule has 3 heteroatoms. The second-order valence-electron chi connectivity index (χ2n) is 6.73. The van der Waals surface area contributed by atoms with Crippen LogP contribution in [0.3, 0.4) is 0 Å². The Morgan fingerprint density at radius 3 is 1.75 bits per heavy atom. The zero-order valence-corrected chi connectivity index (χ0v) is 16.2. The largest absolute Gasteiger partial charge is 0.508 e. The summed E-state index contributed by atoms with van der Waals surface area (Å²) >= 11 is 5.37. The molecule has 1 aromatic carbocycles. The Hall–Kier alpha value is -1.09. The highest BCUT2D eigenvalue weighted by Gasteiger charge is 1.99. The van der Waals surface area contributed by atoms with Crippen molar-refractivity contribution in [2.75, 3.05) is 5.32 Å². The van der Waals surface area contributed by atoms with Crippen molar-refractivity contribution in [3.05, 3.63) is 24.3 Å². The van der Waals surface area contributed by atoms with Crippen molar-refractivity contribution in [1.82, 2.24) is 0 Å². The molecule has 0 unspecified atom stereocenters. The Bertz CT molecular complexity index is 430. The third-order valence-corrected chi connectivity index (χ3v) is 4.71. The van der Waals surface area contributed by atoms with Gasteiger partial charge in [-0.15, -0.1) is 0 Å². The van der Waals surface area contributed by atoms with Gasteiger partial charge in [0.1, 0.15) is 5.75 Å².